The first-order valence-electron chi connectivity index (χ1n) is 6.62. The third-order valence-corrected chi connectivity index (χ3v) is 4.02. The summed E-state index contributed by atoms with van der Waals surface area (Å²) in [5.74, 6) is 0.120. The maximum atomic E-state index is 12.3. The molecule has 104 valence electrons. The van der Waals surface area contributed by atoms with Gasteiger partial charge in [-0.2, -0.15) is 5.10 Å². The lowest BCUT2D eigenvalue weighted by molar-refractivity contribution is -0.121. The molecule has 2 aromatic rings. The van der Waals surface area contributed by atoms with Gasteiger partial charge in [-0.1, -0.05) is 6.07 Å². The number of hydrogen-bond donors (Lipinski definition) is 2. The van der Waals surface area contributed by atoms with Crippen LogP contribution < -0.4 is 10.6 Å². The number of aromatic nitrogens is 2. The molecule has 2 heterocycles. The van der Waals surface area contributed by atoms with Crippen LogP contribution in [0.3, 0.4) is 0 Å². The van der Waals surface area contributed by atoms with Crippen LogP contribution in [0.4, 0.5) is 5.69 Å². The van der Waals surface area contributed by atoms with Crippen LogP contribution in [0.1, 0.15) is 25.1 Å². The molecule has 1 aromatic heterocycles. The molecule has 0 unspecified atom stereocenters. The zero-order valence-corrected chi connectivity index (χ0v) is 11.9. The second-order valence-electron chi connectivity index (χ2n) is 5.70. The molecule has 0 radical (unpaired) electrons. The number of H-pyrrole nitrogens is 1. The Kier molecular flexibility index (Phi) is 2.69. The number of amides is 1. The Bertz CT molecular complexity index is 687. The van der Waals surface area contributed by atoms with E-state index >= 15 is 0 Å². The third kappa shape index (κ3) is 1.67. The Labute approximate surface area is 117 Å². The summed E-state index contributed by atoms with van der Waals surface area (Å²) in [7, 11) is 1.82. The maximum Gasteiger partial charge on any atom is 0.236 e. The van der Waals surface area contributed by atoms with Gasteiger partial charge in [0.05, 0.1) is 11.1 Å². The first-order chi connectivity index (χ1) is 9.45. The number of nitrogens with one attached hydrogen (secondary N) is 1. The van der Waals surface area contributed by atoms with Crippen molar-refractivity contribution in [1.82, 2.24) is 10.2 Å². The summed E-state index contributed by atoms with van der Waals surface area (Å²) < 4.78 is 0. The average molecular weight is 270 g/mol. The molecular weight excluding hydrogens is 252 g/mol. The molecule has 0 saturated carbocycles. The largest absolute Gasteiger partial charge is 0.325 e. The van der Waals surface area contributed by atoms with E-state index in [0.29, 0.717) is 6.54 Å². The highest BCUT2D eigenvalue weighted by molar-refractivity contribution is 6.07. The summed E-state index contributed by atoms with van der Waals surface area (Å²) in [4.78, 5) is 14.0. The number of anilines is 1. The zero-order valence-electron chi connectivity index (χ0n) is 11.9. The monoisotopic (exact) mass is 270 g/mol. The number of aromatic amines is 1. The SMILES string of the molecule is CN1C(=O)C(C)(C)c2cc(-c3cc(CN)[nH]n3)ccc21. The topological polar surface area (TPSA) is 75.0 Å². The smallest absolute Gasteiger partial charge is 0.236 e. The number of rotatable bonds is 2. The molecule has 1 aromatic carbocycles. The molecule has 0 fully saturated rings. The van der Waals surface area contributed by atoms with E-state index < -0.39 is 5.41 Å². The van der Waals surface area contributed by atoms with E-state index in [2.05, 4.69) is 10.2 Å². The number of carbonyl (C=O) groups is 1. The van der Waals surface area contributed by atoms with Crippen molar-refractivity contribution in [3.05, 3.63) is 35.5 Å². The minimum Gasteiger partial charge on any atom is -0.325 e. The summed E-state index contributed by atoms with van der Waals surface area (Å²) >= 11 is 0. The predicted molar refractivity (Wildman–Crippen MR) is 78.4 cm³/mol. The van der Waals surface area contributed by atoms with Gasteiger partial charge < -0.3 is 10.6 Å². The fraction of sp³-hybridized carbons (Fsp3) is 0.333. The molecule has 5 nitrogen and oxygen atoms in total. The lowest BCUT2D eigenvalue weighted by Gasteiger charge is -2.16. The summed E-state index contributed by atoms with van der Waals surface area (Å²) in [5, 5.41) is 7.17. The van der Waals surface area contributed by atoms with Crippen molar-refractivity contribution in [2.24, 2.45) is 5.73 Å². The summed E-state index contributed by atoms with van der Waals surface area (Å²) in [5.41, 5.74) is 9.85. The molecule has 5 heteroatoms. The van der Waals surface area contributed by atoms with Gasteiger partial charge in [-0.3, -0.25) is 9.89 Å². The number of carbonyl (C=O) groups excluding carboxylic acids is 1. The summed E-state index contributed by atoms with van der Waals surface area (Å²) in [6.07, 6.45) is 0. The molecule has 0 bridgehead atoms. The second-order valence-corrected chi connectivity index (χ2v) is 5.70. The van der Waals surface area contributed by atoms with Gasteiger partial charge in [0, 0.05) is 30.5 Å². The van der Waals surface area contributed by atoms with Crippen molar-refractivity contribution in [2.45, 2.75) is 25.8 Å². The molecule has 1 amide bonds. The van der Waals surface area contributed by atoms with E-state index in [1.807, 2.05) is 45.2 Å². The number of benzene rings is 1. The zero-order chi connectivity index (χ0) is 14.5. The van der Waals surface area contributed by atoms with Gasteiger partial charge in [-0.15, -0.1) is 0 Å². The fourth-order valence-corrected chi connectivity index (χ4v) is 2.75. The molecule has 3 N–H and O–H groups in total. The van der Waals surface area contributed by atoms with E-state index in [9.17, 15) is 4.79 Å². The Morgan fingerprint density at radius 2 is 2.10 bits per heavy atom. The second kappa shape index (κ2) is 4.18. The molecule has 0 aliphatic carbocycles. The van der Waals surface area contributed by atoms with Gasteiger partial charge in [0.25, 0.3) is 0 Å². The van der Waals surface area contributed by atoms with Gasteiger partial charge in [-0.05, 0) is 37.6 Å². The normalized spacial score (nSPS) is 16.6. The highest BCUT2D eigenvalue weighted by Gasteiger charge is 2.42. The van der Waals surface area contributed by atoms with Crippen molar-refractivity contribution in [3.8, 4) is 11.3 Å². The Morgan fingerprint density at radius 3 is 2.75 bits per heavy atom. The molecule has 1 aliphatic rings. The van der Waals surface area contributed by atoms with E-state index in [0.717, 1.165) is 28.2 Å². The number of nitrogens with zero attached hydrogens (tertiary/aromatic N) is 2. The van der Waals surface area contributed by atoms with Crippen LogP contribution in [0.25, 0.3) is 11.3 Å². The van der Waals surface area contributed by atoms with Crippen molar-refractivity contribution in [2.75, 3.05) is 11.9 Å². The molecule has 0 saturated heterocycles. The van der Waals surface area contributed by atoms with Crippen LogP contribution in [0.15, 0.2) is 24.3 Å². The minimum absolute atomic E-state index is 0.120. The Balaban J connectivity index is 2.11. The van der Waals surface area contributed by atoms with Crippen molar-refractivity contribution in [1.29, 1.82) is 0 Å². The van der Waals surface area contributed by atoms with Gasteiger partial charge >= 0.3 is 0 Å². The first kappa shape index (κ1) is 12.9. The third-order valence-electron chi connectivity index (χ3n) is 4.02. The summed E-state index contributed by atoms with van der Waals surface area (Å²) in [6.45, 7) is 4.35. The molecule has 20 heavy (non-hydrogen) atoms. The van der Waals surface area contributed by atoms with Crippen LogP contribution in [0.5, 0.6) is 0 Å². The highest BCUT2D eigenvalue weighted by Crippen LogP contribution is 2.42. The molecule has 3 rings (SSSR count). The molecule has 1 aliphatic heterocycles. The predicted octanol–water partition coefficient (Wildman–Crippen LogP) is 1.79. The van der Waals surface area contributed by atoms with Gasteiger partial charge in [0.2, 0.25) is 5.91 Å². The van der Waals surface area contributed by atoms with E-state index in [4.69, 9.17) is 5.73 Å². The van der Waals surface area contributed by atoms with E-state index in [1.54, 1.807) is 4.90 Å². The Morgan fingerprint density at radius 1 is 1.35 bits per heavy atom. The van der Waals surface area contributed by atoms with Crippen LogP contribution in [-0.2, 0) is 16.8 Å². The number of nitrogens with two attached hydrogens (primary N) is 1. The highest BCUT2D eigenvalue weighted by atomic mass is 16.2. The fourth-order valence-electron chi connectivity index (χ4n) is 2.75. The average Bonchev–Trinajstić information content (AvgIpc) is 2.99. The van der Waals surface area contributed by atoms with Crippen molar-refractivity contribution < 1.29 is 4.79 Å². The van der Waals surface area contributed by atoms with E-state index in [-0.39, 0.29) is 5.91 Å². The van der Waals surface area contributed by atoms with Crippen LogP contribution in [0, 0.1) is 0 Å². The van der Waals surface area contributed by atoms with Crippen LogP contribution >= 0.6 is 0 Å². The molecular formula is C15H18N4O. The Hall–Kier alpha value is -2.14. The van der Waals surface area contributed by atoms with Crippen LogP contribution in [0.2, 0.25) is 0 Å². The number of fused-ring (bicyclic) bond motifs is 1. The number of likely N-dealkylation sites (N-methyl/N-ethyl adjacent to an activating group) is 1. The lowest BCUT2D eigenvalue weighted by atomic mass is 9.85. The van der Waals surface area contributed by atoms with Gasteiger partial charge in [-0.25, -0.2) is 0 Å². The van der Waals surface area contributed by atoms with Gasteiger partial charge in [0.1, 0.15) is 0 Å². The van der Waals surface area contributed by atoms with Crippen LogP contribution in [-0.4, -0.2) is 23.2 Å². The molecule has 0 atom stereocenters. The first-order valence-corrected chi connectivity index (χ1v) is 6.62. The van der Waals surface area contributed by atoms with Crippen molar-refractivity contribution >= 4 is 11.6 Å². The maximum absolute atomic E-state index is 12.3. The van der Waals surface area contributed by atoms with E-state index in [1.165, 1.54) is 0 Å². The molecule has 0 spiro atoms. The number of hydrogen-bond acceptors (Lipinski definition) is 3. The van der Waals surface area contributed by atoms with Crippen molar-refractivity contribution in [3.63, 3.8) is 0 Å². The summed E-state index contributed by atoms with van der Waals surface area (Å²) in [6, 6.07) is 7.96. The lowest BCUT2D eigenvalue weighted by Crippen LogP contribution is -2.33. The minimum atomic E-state index is -0.493. The standard InChI is InChI=1S/C15H18N4O/c1-15(2)11-6-9(12-7-10(8-16)17-18-12)4-5-13(11)19(3)14(15)20/h4-7H,8,16H2,1-3H3,(H,17,18). The quantitative estimate of drug-likeness (QED) is 0.873. The van der Waals surface area contributed by atoms with Gasteiger partial charge in [0.15, 0.2) is 0 Å².